The molecule has 2 aromatic heterocycles. The van der Waals surface area contributed by atoms with Crippen LogP contribution >= 0.6 is 0 Å². The van der Waals surface area contributed by atoms with E-state index in [0.29, 0.717) is 11.6 Å². The minimum absolute atomic E-state index is 0.0688. The second-order valence-electron chi connectivity index (χ2n) is 5.91. The highest BCUT2D eigenvalue weighted by Crippen LogP contribution is 2.17. The van der Waals surface area contributed by atoms with Gasteiger partial charge in [-0.05, 0) is 35.7 Å². The van der Waals surface area contributed by atoms with Gasteiger partial charge in [0, 0.05) is 12.4 Å². The number of benzene rings is 1. The first-order valence-electron chi connectivity index (χ1n) is 7.87. The molecule has 8 heteroatoms. The molecule has 0 amide bonds. The summed E-state index contributed by atoms with van der Waals surface area (Å²) >= 11 is 0. The average molecular weight is 357 g/mol. The molecule has 0 aliphatic rings. The number of sulfonamides is 1. The van der Waals surface area contributed by atoms with Gasteiger partial charge in [0.25, 0.3) is 0 Å². The molecule has 0 fully saturated rings. The zero-order valence-electron chi connectivity index (χ0n) is 14.0. The van der Waals surface area contributed by atoms with E-state index < -0.39 is 10.0 Å². The van der Waals surface area contributed by atoms with Crippen molar-refractivity contribution in [3.05, 3.63) is 66.2 Å². The van der Waals surface area contributed by atoms with Gasteiger partial charge in [-0.1, -0.05) is 31.2 Å². The number of nitrogens with zero attached hydrogens (tertiary/aromatic N) is 4. The molecular weight excluding hydrogens is 338 g/mol. The Balaban J connectivity index is 1.69. The summed E-state index contributed by atoms with van der Waals surface area (Å²) in [6.07, 6.45) is 4.99. The molecule has 130 valence electrons. The van der Waals surface area contributed by atoms with Crippen molar-refractivity contribution in [1.82, 2.24) is 24.7 Å². The van der Waals surface area contributed by atoms with E-state index in [2.05, 4.69) is 33.9 Å². The summed E-state index contributed by atoms with van der Waals surface area (Å²) in [4.78, 5) is 4.18. The molecule has 0 saturated carbocycles. The van der Waals surface area contributed by atoms with Crippen LogP contribution in [-0.2, 0) is 16.6 Å². The smallest absolute Gasteiger partial charge is 0.240 e. The molecular formula is C17H19N5O2S. The zero-order chi connectivity index (χ0) is 17.9. The monoisotopic (exact) mass is 357 g/mol. The summed E-state index contributed by atoms with van der Waals surface area (Å²) in [6, 6.07) is 10.5. The lowest BCUT2D eigenvalue weighted by Crippen LogP contribution is -2.23. The molecule has 3 rings (SSSR count). The first kappa shape index (κ1) is 17.2. The number of rotatable bonds is 6. The molecule has 0 atom stereocenters. The Morgan fingerprint density at radius 3 is 2.40 bits per heavy atom. The fourth-order valence-corrected chi connectivity index (χ4v) is 3.29. The largest absolute Gasteiger partial charge is 0.265 e. The van der Waals surface area contributed by atoms with Crippen molar-refractivity contribution in [3.63, 3.8) is 0 Å². The molecule has 0 unspecified atom stereocenters. The van der Waals surface area contributed by atoms with Gasteiger partial charge in [0.2, 0.25) is 10.0 Å². The van der Waals surface area contributed by atoms with Crippen LogP contribution in [0.25, 0.3) is 5.69 Å². The second-order valence-corrected chi connectivity index (χ2v) is 7.68. The van der Waals surface area contributed by atoms with Gasteiger partial charge in [0.1, 0.15) is 0 Å². The fraction of sp³-hybridized carbons (Fsp3) is 0.235. The van der Waals surface area contributed by atoms with Gasteiger partial charge < -0.3 is 0 Å². The summed E-state index contributed by atoms with van der Waals surface area (Å²) in [7, 11) is -3.59. The highest BCUT2D eigenvalue weighted by Gasteiger charge is 2.15. The minimum atomic E-state index is -3.59. The second kappa shape index (κ2) is 7.12. The van der Waals surface area contributed by atoms with Crippen LogP contribution < -0.4 is 4.72 Å². The minimum Gasteiger partial charge on any atom is -0.265 e. The van der Waals surface area contributed by atoms with Crippen molar-refractivity contribution in [2.24, 2.45) is 0 Å². The molecule has 1 N–H and O–H groups in total. The summed E-state index contributed by atoms with van der Waals surface area (Å²) in [5, 5.41) is 7.99. The summed E-state index contributed by atoms with van der Waals surface area (Å²) in [5.74, 6) is 0.355. The summed E-state index contributed by atoms with van der Waals surface area (Å²) in [6.45, 7) is 4.20. The summed E-state index contributed by atoms with van der Waals surface area (Å²) < 4.78 is 28.9. The third-order valence-electron chi connectivity index (χ3n) is 3.77. The average Bonchev–Trinajstić information content (AvgIpc) is 3.10. The molecule has 0 saturated heterocycles. The topological polar surface area (TPSA) is 89.8 Å². The van der Waals surface area contributed by atoms with Crippen LogP contribution in [0.15, 0.2) is 59.9 Å². The molecule has 0 spiro atoms. The highest BCUT2D eigenvalue weighted by atomic mass is 32.2. The van der Waals surface area contributed by atoms with Crippen LogP contribution in [0.3, 0.4) is 0 Å². The van der Waals surface area contributed by atoms with E-state index in [1.807, 2.05) is 12.1 Å². The van der Waals surface area contributed by atoms with Crippen LogP contribution in [0.4, 0.5) is 0 Å². The molecule has 0 aliphatic heterocycles. The lowest BCUT2D eigenvalue weighted by atomic mass is 10.0. The van der Waals surface area contributed by atoms with Gasteiger partial charge in [0.15, 0.2) is 0 Å². The lowest BCUT2D eigenvalue weighted by Gasteiger charge is -2.08. The Morgan fingerprint density at radius 2 is 1.76 bits per heavy atom. The van der Waals surface area contributed by atoms with E-state index in [1.54, 1.807) is 47.5 Å². The zero-order valence-corrected chi connectivity index (χ0v) is 14.8. The predicted octanol–water partition coefficient (Wildman–Crippen LogP) is 2.26. The maximum absolute atomic E-state index is 12.4. The molecule has 7 nitrogen and oxygen atoms in total. The van der Waals surface area contributed by atoms with Gasteiger partial charge in [-0.25, -0.2) is 17.8 Å². The van der Waals surface area contributed by atoms with Crippen LogP contribution in [0.1, 0.15) is 31.0 Å². The van der Waals surface area contributed by atoms with Crippen molar-refractivity contribution >= 4 is 10.0 Å². The molecule has 0 radical (unpaired) electrons. The van der Waals surface area contributed by atoms with Crippen LogP contribution in [0, 0.1) is 0 Å². The van der Waals surface area contributed by atoms with Gasteiger partial charge in [0.05, 0.1) is 29.0 Å². The van der Waals surface area contributed by atoms with Crippen LogP contribution in [0.2, 0.25) is 0 Å². The third-order valence-corrected chi connectivity index (χ3v) is 5.19. The number of hydrogen-bond acceptors (Lipinski definition) is 5. The Morgan fingerprint density at radius 1 is 1.08 bits per heavy atom. The highest BCUT2D eigenvalue weighted by molar-refractivity contribution is 7.89. The van der Waals surface area contributed by atoms with Crippen LogP contribution in [0.5, 0.6) is 0 Å². The normalized spacial score (nSPS) is 11.8. The first-order valence-corrected chi connectivity index (χ1v) is 9.35. The first-order chi connectivity index (χ1) is 12.0. The maximum Gasteiger partial charge on any atom is 0.240 e. The lowest BCUT2D eigenvalue weighted by molar-refractivity contribution is 0.580. The molecule has 3 aromatic rings. The van der Waals surface area contributed by atoms with Gasteiger partial charge in [-0.15, -0.1) is 5.10 Å². The van der Waals surface area contributed by atoms with Gasteiger partial charge in [-0.2, -0.15) is 0 Å². The van der Waals surface area contributed by atoms with Crippen molar-refractivity contribution in [1.29, 1.82) is 0 Å². The Labute approximate surface area is 146 Å². The van der Waals surface area contributed by atoms with E-state index in [1.165, 1.54) is 0 Å². The molecule has 0 bridgehead atoms. The van der Waals surface area contributed by atoms with Gasteiger partial charge >= 0.3 is 0 Å². The van der Waals surface area contributed by atoms with Gasteiger partial charge in [-0.3, -0.25) is 4.98 Å². The van der Waals surface area contributed by atoms with Crippen LogP contribution in [-0.4, -0.2) is 28.4 Å². The van der Waals surface area contributed by atoms with Crippen molar-refractivity contribution < 1.29 is 8.42 Å². The number of aromatic nitrogens is 4. The van der Waals surface area contributed by atoms with E-state index in [0.717, 1.165) is 11.3 Å². The van der Waals surface area contributed by atoms with Crippen molar-refractivity contribution in [2.45, 2.75) is 31.2 Å². The maximum atomic E-state index is 12.4. The molecule has 0 aliphatic carbocycles. The van der Waals surface area contributed by atoms with E-state index in [4.69, 9.17) is 0 Å². The van der Waals surface area contributed by atoms with E-state index in [9.17, 15) is 8.42 Å². The standard InChI is InChI=1S/C17H19N5O2S/c1-13(2)14-3-5-17(6-4-14)25(23,24)19-11-15-12-22(21-20-15)16-7-9-18-10-8-16/h3-10,12-13,19H,11H2,1-2H3. The Bertz CT molecular complexity index is 935. The quantitative estimate of drug-likeness (QED) is 0.731. The van der Waals surface area contributed by atoms with E-state index >= 15 is 0 Å². The van der Waals surface area contributed by atoms with Crippen molar-refractivity contribution in [2.75, 3.05) is 0 Å². The predicted molar refractivity (Wildman–Crippen MR) is 93.7 cm³/mol. The van der Waals surface area contributed by atoms with Crippen molar-refractivity contribution in [3.8, 4) is 5.69 Å². The fourth-order valence-electron chi connectivity index (χ4n) is 2.29. The summed E-state index contributed by atoms with van der Waals surface area (Å²) in [5.41, 5.74) is 2.43. The third kappa shape index (κ3) is 4.09. The SMILES string of the molecule is CC(C)c1ccc(S(=O)(=O)NCc2cn(-c3ccncc3)nn2)cc1. The number of hydrogen-bond donors (Lipinski definition) is 1. The Hall–Kier alpha value is -2.58. The number of nitrogens with one attached hydrogen (secondary N) is 1. The molecule has 2 heterocycles. The van der Waals surface area contributed by atoms with E-state index in [-0.39, 0.29) is 11.4 Å². The molecule has 25 heavy (non-hydrogen) atoms. The Kier molecular flexibility index (Phi) is 4.91. The number of pyridine rings is 1. The molecule has 1 aromatic carbocycles.